The Morgan fingerprint density at radius 2 is 2.00 bits per heavy atom. The lowest BCUT2D eigenvalue weighted by atomic mass is 10.2. The van der Waals surface area contributed by atoms with Crippen LogP contribution in [0.4, 0.5) is 5.82 Å². The van der Waals surface area contributed by atoms with Gasteiger partial charge in [0.05, 0.1) is 10.9 Å². The lowest BCUT2D eigenvalue weighted by Gasteiger charge is -2.35. The predicted molar refractivity (Wildman–Crippen MR) is 116 cm³/mol. The molecule has 10 heteroatoms. The number of rotatable bonds is 4. The molecule has 3 aromatic heterocycles. The number of aryl methyl sites for hydroxylation is 1. The highest BCUT2D eigenvalue weighted by molar-refractivity contribution is 7.16. The summed E-state index contributed by atoms with van der Waals surface area (Å²) in [5.41, 5.74) is 1.07. The molecule has 0 radical (unpaired) electrons. The van der Waals surface area contributed by atoms with Gasteiger partial charge in [-0.05, 0) is 23.6 Å². The highest BCUT2D eigenvalue weighted by Crippen LogP contribution is 2.27. The molecule has 8 nitrogen and oxygen atoms in total. The van der Waals surface area contributed by atoms with Crippen LogP contribution in [0, 0.1) is 0 Å². The van der Waals surface area contributed by atoms with Crippen molar-refractivity contribution in [3.05, 3.63) is 51.5 Å². The van der Waals surface area contributed by atoms with Gasteiger partial charge in [0.15, 0.2) is 5.58 Å². The van der Waals surface area contributed by atoms with E-state index in [1.165, 1.54) is 4.57 Å². The molecule has 4 heterocycles. The topological polar surface area (TPSA) is 84.5 Å². The number of anilines is 1. The minimum Gasteiger partial charge on any atom is -0.408 e. The van der Waals surface area contributed by atoms with Crippen molar-refractivity contribution >= 4 is 56.0 Å². The first-order valence-corrected chi connectivity index (χ1v) is 10.9. The Morgan fingerprint density at radius 1 is 1.17 bits per heavy atom. The summed E-state index contributed by atoms with van der Waals surface area (Å²) in [6, 6.07) is 7.08. The Labute approximate surface area is 180 Å². The third-order valence-electron chi connectivity index (χ3n) is 5.35. The minimum absolute atomic E-state index is 0.0215. The maximum absolute atomic E-state index is 12.7. The Morgan fingerprint density at radius 3 is 2.83 bits per heavy atom. The Bertz CT molecular complexity index is 1290. The van der Waals surface area contributed by atoms with Crippen molar-refractivity contribution in [1.29, 1.82) is 0 Å². The van der Waals surface area contributed by atoms with Gasteiger partial charge >= 0.3 is 5.76 Å². The molecule has 1 amide bonds. The summed E-state index contributed by atoms with van der Waals surface area (Å²) in [6.45, 7) is 2.92. The number of amides is 1. The Balaban J connectivity index is 1.23. The van der Waals surface area contributed by atoms with Gasteiger partial charge in [-0.25, -0.2) is 14.8 Å². The molecule has 0 saturated carbocycles. The first-order valence-electron chi connectivity index (χ1n) is 9.60. The third-order valence-corrected chi connectivity index (χ3v) is 6.41. The van der Waals surface area contributed by atoms with Crippen molar-refractivity contribution in [3.63, 3.8) is 0 Å². The van der Waals surface area contributed by atoms with Crippen LogP contribution in [-0.2, 0) is 11.3 Å². The molecule has 4 aromatic rings. The standard InChI is InChI=1S/C20H18ClN5O3S/c21-13-1-2-15-16(11-13)29-20(28)26(15)5-3-17(27)24-6-8-25(9-7-24)18-14-4-10-30-19(14)23-12-22-18/h1-2,4,10-12H,3,5-9H2. The van der Waals surface area contributed by atoms with E-state index in [9.17, 15) is 9.59 Å². The van der Waals surface area contributed by atoms with Gasteiger partial charge in [0, 0.05) is 50.2 Å². The summed E-state index contributed by atoms with van der Waals surface area (Å²) in [4.78, 5) is 38.6. The fraction of sp³-hybridized carbons (Fsp3) is 0.300. The summed E-state index contributed by atoms with van der Waals surface area (Å²) >= 11 is 7.54. The zero-order valence-corrected chi connectivity index (χ0v) is 17.5. The van der Waals surface area contributed by atoms with Crippen molar-refractivity contribution in [2.24, 2.45) is 0 Å². The summed E-state index contributed by atoms with van der Waals surface area (Å²) in [7, 11) is 0. The SMILES string of the molecule is O=C(CCn1c(=O)oc2cc(Cl)ccc21)N1CCN(c2ncnc3sccc23)CC1. The van der Waals surface area contributed by atoms with E-state index in [0.717, 1.165) is 16.0 Å². The maximum Gasteiger partial charge on any atom is 0.419 e. The zero-order chi connectivity index (χ0) is 20.7. The molecule has 154 valence electrons. The van der Waals surface area contributed by atoms with Gasteiger partial charge < -0.3 is 14.2 Å². The molecule has 1 fully saturated rings. The fourth-order valence-electron chi connectivity index (χ4n) is 3.81. The van der Waals surface area contributed by atoms with Gasteiger partial charge in [-0.3, -0.25) is 9.36 Å². The van der Waals surface area contributed by atoms with Gasteiger partial charge in [0.25, 0.3) is 0 Å². The van der Waals surface area contributed by atoms with Crippen LogP contribution in [0.1, 0.15) is 6.42 Å². The zero-order valence-electron chi connectivity index (χ0n) is 16.0. The molecule has 0 aliphatic carbocycles. The second kappa shape index (κ2) is 7.73. The predicted octanol–water partition coefficient (Wildman–Crippen LogP) is 2.99. The number of benzene rings is 1. The Kier molecular flexibility index (Phi) is 4.92. The lowest BCUT2D eigenvalue weighted by molar-refractivity contribution is -0.131. The lowest BCUT2D eigenvalue weighted by Crippen LogP contribution is -2.49. The molecule has 1 aliphatic heterocycles. The highest BCUT2D eigenvalue weighted by Gasteiger charge is 2.23. The van der Waals surface area contributed by atoms with E-state index in [2.05, 4.69) is 14.9 Å². The van der Waals surface area contributed by atoms with Crippen LogP contribution in [0.3, 0.4) is 0 Å². The summed E-state index contributed by atoms with van der Waals surface area (Å²) in [5.74, 6) is 0.463. The number of hydrogen-bond donors (Lipinski definition) is 0. The van der Waals surface area contributed by atoms with Crippen molar-refractivity contribution in [2.45, 2.75) is 13.0 Å². The van der Waals surface area contributed by atoms with Gasteiger partial charge in [0.2, 0.25) is 5.91 Å². The first-order chi connectivity index (χ1) is 14.6. The van der Waals surface area contributed by atoms with E-state index in [1.807, 2.05) is 16.3 Å². The van der Waals surface area contributed by atoms with Crippen molar-refractivity contribution in [2.75, 3.05) is 31.1 Å². The molecule has 0 N–H and O–H groups in total. The number of hydrogen-bond acceptors (Lipinski definition) is 7. The molecule has 0 spiro atoms. The number of nitrogens with zero attached hydrogens (tertiary/aromatic N) is 5. The van der Waals surface area contributed by atoms with Crippen LogP contribution in [0.25, 0.3) is 21.3 Å². The van der Waals surface area contributed by atoms with Crippen molar-refractivity contribution in [3.8, 4) is 0 Å². The van der Waals surface area contributed by atoms with E-state index in [-0.39, 0.29) is 18.9 Å². The average Bonchev–Trinajstić information content (AvgIpc) is 3.35. The first kappa shape index (κ1) is 19.1. The number of carbonyl (C=O) groups is 1. The average molecular weight is 444 g/mol. The Hall–Kier alpha value is -2.91. The molecule has 0 atom stereocenters. The molecular weight excluding hydrogens is 426 g/mol. The smallest absolute Gasteiger partial charge is 0.408 e. The molecule has 0 unspecified atom stereocenters. The van der Waals surface area contributed by atoms with Crippen molar-refractivity contribution < 1.29 is 9.21 Å². The fourth-order valence-corrected chi connectivity index (χ4v) is 4.70. The largest absolute Gasteiger partial charge is 0.419 e. The van der Waals surface area contributed by atoms with Crippen LogP contribution in [0.15, 0.2) is 45.2 Å². The van der Waals surface area contributed by atoms with Crippen LogP contribution >= 0.6 is 22.9 Å². The second-order valence-corrected chi connectivity index (χ2v) is 8.42. The number of piperazine rings is 1. The van der Waals surface area contributed by atoms with E-state index in [1.54, 1.807) is 35.9 Å². The van der Waals surface area contributed by atoms with Crippen LogP contribution in [0.5, 0.6) is 0 Å². The quantitative estimate of drug-likeness (QED) is 0.482. The van der Waals surface area contributed by atoms with Gasteiger partial charge in [-0.2, -0.15) is 0 Å². The van der Waals surface area contributed by atoms with E-state index in [0.29, 0.717) is 42.3 Å². The van der Waals surface area contributed by atoms with Crippen LogP contribution < -0.4 is 10.7 Å². The number of fused-ring (bicyclic) bond motifs is 2. The monoisotopic (exact) mass is 443 g/mol. The third kappa shape index (κ3) is 3.44. The van der Waals surface area contributed by atoms with Crippen LogP contribution in [0.2, 0.25) is 5.02 Å². The molecule has 0 bridgehead atoms. The molecule has 1 aliphatic rings. The van der Waals surface area contributed by atoms with Crippen molar-refractivity contribution in [1.82, 2.24) is 19.4 Å². The maximum atomic E-state index is 12.7. The van der Waals surface area contributed by atoms with Gasteiger partial charge in [-0.15, -0.1) is 11.3 Å². The number of halogens is 1. The van der Waals surface area contributed by atoms with Gasteiger partial charge in [-0.1, -0.05) is 11.6 Å². The molecule has 30 heavy (non-hydrogen) atoms. The summed E-state index contributed by atoms with van der Waals surface area (Å²) < 4.78 is 6.71. The number of carbonyl (C=O) groups excluding carboxylic acids is 1. The number of oxazole rings is 1. The second-order valence-electron chi connectivity index (χ2n) is 7.09. The highest BCUT2D eigenvalue weighted by atomic mass is 35.5. The number of thiophene rings is 1. The van der Waals surface area contributed by atoms with E-state index >= 15 is 0 Å². The van der Waals surface area contributed by atoms with E-state index < -0.39 is 5.76 Å². The summed E-state index contributed by atoms with van der Waals surface area (Å²) in [5, 5.41) is 3.56. The van der Waals surface area contributed by atoms with E-state index in [4.69, 9.17) is 16.0 Å². The molecule has 5 rings (SSSR count). The minimum atomic E-state index is -0.478. The summed E-state index contributed by atoms with van der Waals surface area (Å²) in [6.07, 6.45) is 1.82. The molecule has 1 saturated heterocycles. The number of aromatic nitrogens is 3. The normalized spacial score (nSPS) is 14.7. The molecular formula is C20H18ClN5O3S. The van der Waals surface area contributed by atoms with Gasteiger partial charge in [0.1, 0.15) is 17.0 Å². The molecule has 1 aromatic carbocycles. The van der Waals surface area contributed by atoms with Crippen LogP contribution in [-0.4, -0.2) is 51.5 Å².